The molecule has 0 saturated heterocycles. The van der Waals surface area contributed by atoms with E-state index in [1.807, 2.05) is 62.4 Å². The standard InChI is InChI=1S/C16H18O2/c1-12-3-7-14(8-4-12)16(18,11-17)15-9-5-13(2)6-10-15/h3-10,17-18H,11H2,1-2H3. The molecule has 2 aromatic rings. The Kier molecular flexibility index (Phi) is 3.50. The van der Waals surface area contributed by atoms with Gasteiger partial charge in [-0.05, 0) is 25.0 Å². The maximum atomic E-state index is 10.7. The van der Waals surface area contributed by atoms with E-state index < -0.39 is 5.60 Å². The Hall–Kier alpha value is -1.64. The lowest BCUT2D eigenvalue weighted by molar-refractivity contribution is 0.0173. The third kappa shape index (κ3) is 2.30. The third-order valence-corrected chi connectivity index (χ3v) is 3.29. The van der Waals surface area contributed by atoms with Crippen LogP contribution in [0.1, 0.15) is 22.3 Å². The lowest BCUT2D eigenvalue weighted by Crippen LogP contribution is -2.31. The number of hydrogen-bond donors (Lipinski definition) is 2. The van der Waals surface area contributed by atoms with Crippen LogP contribution in [0.15, 0.2) is 48.5 Å². The van der Waals surface area contributed by atoms with Gasteiger partial charge in [0.25, 0.3) is 0 Å². The molecule has 0 amide bonds. The van der Waals surface area contributed by atoms with Crippen LogP contribution in [-0.2, 0) is 5.60 Å². The van der Waals surface area contributed by atoms with Crippen molar-refractivity contribution < 1.29 is 10.2 Å². The first-order valence-electron chi connectivity index (χ1n) is 6.04. The van der Waals surface area contributed by atoms with Crippen LogP contribution in [0.2, 0.25) is 0 Å². The zero-order valence-electron chi connectivity index (χ0n) is 10.7. The molecule has 0 radical (unpaired) electrons. The molecular weight excluding hydrogens is 224 g/mol. The van der Waals surface area contributed by atoms with Crippen molar-refractivity contribution in [2.75, 3.05) is 6.61 Å². The number of aliphatic hydroxyl groups is 2. The quantitative estimate of drug-likeness (QED) is 0.868. The first-order chi connectivity index (χ1) is 8.56. The second kappa shape index (κ2) is 4.92. The first kappa shape index (κ1) is 12.8. The molecule has 0 fully saturated rings. The van der Waals surface area contributed by atoms with Gasteiger partial charge in [0.15, 0.2) is 0 Å². The van der Waals surface area contributed by atoms with Crippen LogP contribution in [-0.4, -0.2) is 16.8 Å². The van der Waals surface area contributed by atoms with Gasteiger partial charge in [-0.3, -0.25) is 0 Å². The van der Waals surface area contributed by atoms with Gasteiger partial charge < -0.3 is 10.2 Å². The van der Waals surface area contributed by atoms with E-state index in [-0.39, 0.29) is 6.61 Å². The molecule has 2 heteroatoms. The molecule has 0 atom stereocenters. The fraction of sp³-hybridized carbons (Fsp3) is 0.250. The summed E-state index contributed by atoms with van der Waals surface area (Å²) in [5.74, 6) is 0. The van der Waals surface area contributed by atoms with Gasteiger partial charge in [-0.2, -0.15) is 0 Å². The molecule has 0 saturated carbocycles. The Balaban J connectivity index is 2.47. The van der Waals surface area contributed by atoms with Crippen LogP contribution < -0.4 is 0 Å². The van der Waals surface area contributed by atoms with Gasteiger partial charge in [-0.25, -0.2) is 0 Å². The monoisotopic (exact) mass is 242 g/mol. The molecule has 0 aliphatic heterocycles. The number of aryl methyl sites for hydroxylation is 2. The molecule has 0 aliphatic rings. The van der Waals surface area contributed by atoms with Crippen LogP contribution in [0, 0.1) is 13.8 Å². The van der Waals surface area contributed by atoms with Gasteiger partial charge in [0, 0.05) is 0 Å². The summed E-state index contributed by atoms with van der Waals surface area (Å²) in [7, 11) is 0. The predicted molar refractivity (Wildman–Crippen MR) is 72.4 cm³/mol. The molecule has 2 aromatic carbocycles. The molecule has 2 nitrogen and oxygen atoms in total. The van der Waals surface area contributed by atoms with Gasteiger partial charge in [0.2, 0.25) is 0 Å². The highest BCUT2D eigenvalue weighted by Crippen LogP contribution is 2.29. The first-order valence-corrected chi connectivity index (χ1v) is 6.04. The van der Waals surface area contributed by atoms with Crippen LogP contribution in [0.3, 0.4) is 0 Å². The molecule has 0 bridgehead atoms. The van der Waals surface area contributed by atoms with Crippen LogP contribution in [0.5, 0.6) is 0 Å². The average molecular weight is 242 g/mol. The summed E-state index contributed by atoms with van der Waals surface area (Å²) in [4.78, 5) is 0. The SMILES string of the molecule is Cc1ccc(C(O)(CO)c2ccc(C)cc2)cc1. The highest BCUT2D eigenvalue weighted by atomic mass is 16.3. The maximum absolute atomic E-state index is 10.7. The zero-order chi connectivity index (χ0) is 13.2. The number of benzene rings is 2. The molecular formula is C16H18O2. The molecule has 0 aromatic heterocycles. The Bertz CT molecular complexity index is 466. The zero-order valence-corrected chi connectivity index (χ0v) is 10.7. The summed E-state index contributed by atoms with van der Waals surface area (Å²) in [6.07, 6.45) is 0. The fourth-order valence-electron chi connectivity index (χ4n) is 2.01. The summed E-state index contributed by atoms with van der Waals surface area (Å²) < 4.78 is 0. The molecule has 94 valence electrons. The normalized spacial score (nSPS) is 11.6. The Morgan fingerprint density at radius 2 is 1.11 bits per heavy atom. The van der Waals surface area contributed by atoms with Gasteiger partial charge >= 0.3 is 0 Å². The largest absolute Gasteiger partial charge is 0.393 e. The predicted octanol–water partition coefficient (Wildman–Crippen LogP) is 2.53. The van der Waals surface area contributed by atoms with Crippen molar-refractivity contribution in [3.05, 3.63) is 70.8 Å². The minimum atomic E-state index is -1.33. The van der Waals surface area contributed by atoms with Gasteiger partial charge in [-0.15, -0.1) is 0 Å². The average Bonchev–Trinajstić information content (AvgIpc) is 2.39. The molecule has 0 heterocycles. The van der Waals surface area contributed by atoms with Crippen LogP contribution in [0.25, 0.3) is 0 Å². The minimum absolute atomic E-state index is 0.334. The Labute approximate surface area is 108 Å². The maximum Gasteiger partial charge on any atom is 0.138 e. The van der Waals surface area contributed by atoms with E-state index in [0.717, 1.165) is 11.1 Å². The smallest absolute Gasteiger partial charge is 0.138 e. The molecule has 0 unspecified atom stereocenters. The van der Waals surface area contributed by atoms with E-state index in [0.29, 0.717) is 11.1 Å². The van der Waals surface area contributed by atoms with Gasteiger partial charge in [0.1, 0.15) is 5.60 Å². The lowest BCUT2D eigenvalue weighted by atomic mass is 9.86. The topological polar surface area (TPSA) is 40.5 Å². The van der Waals surface area contributed by atoms with Crippen molar-refractivity contribution in [1.29, 1.82) is 0 Å². The van der Waals surface area contributed by atoms with Crippen molar-refractivity contribution in [1.82, 2.24) is 0 Å². The van der Waals surface area contributed by atoms with E-state index in [2.05, 4.69) is 0 Å². The van der Waals surface area contributed by atoms with Crippen molar-refractivity contribution in [3.8, 4) is 0 Å². The van der Waals surface area contributed by atoms with Gasteiger partial charge in [0.05, 0.1) is 6.61 Å². The van der Waals surface area contributed by atoms with Crippen molar-refractivity contribution >= 4 is 0 Å². The summed E-state index contributed by atoms with van der Waals surface area (Å²) in [6, 6.07) is 15.1. The third-order valence-electron chi connectivity index (χ3n) is 3.29. The van der Waals surface area contributed by atoms with Crippen molar-refractivity contribution in [2.24, 2.45) is 0 Å². The molecule has 0 aliphatic carbocycles. The van der Waals surface area contributed by atoms with E-state index >= 15 is 0 Å². The summed E-state index contributed by atoms with van der Waals surface area (Å²) in [5.41, 5.74) is 2.34. The van der Waals surface area contributed by atoms with E-state index in [1.54, 1.807) is 0 Å². The fourth-order valence-corrected chi connectivity index (χ4v) is 2.01. The second-order valence-corrected chi connectivity index (χ2v) is 4.75. The Morgan fingerprint density at radius 1 is 0.778 bits per heavy atom. The molecule has 2 N–H and O–H groups in total. The summed E-state index contributed by atoms with van der Waals surface area (Å²) in [5, 5.41) is 20.3. The van der Waals surface area contributed by atoms with E-state index in [1.165, 1.54) is 0 Å². The van der Waals surface area contributed by atoms with Crippen molar-refractivity contribution in [3.63, 3.8) is 0 Å². The highest BCUT2D eigenvalue weighted by molar-refractivity contribution is 5.38. The van der Waals surface area contributed by atoms with Crippen LogP contribution in [0.4, 0.5) is 0 Å². The molecule has 18 heavy (non-hydrogen) atoms. The van der Waals surface area contributed by atoms with E-state index in [9.17, 15) is 10.2 Å². The van der Waals surface area contributed by atoms with E-state index in [4.69, 9.17) is 0 Å². The second-order valence-electron chi connectivity index (χ2n) is 4.75. The number of aliphatic hydroxyl groups excluding tert-OH is 1. The number of hydrogen-bond acceptors (Lipinski definition) is 2. The molecule has 2 rings (SSSR count). The summed E-state index contributed by atoms with van der Waals surface area (Å²) in [6.45, 7) is 3.65. The lowest BCUT2D eigenvalue weighted by Gasteiger charge is -2.27. The van der Waals surface area contributed by atoms with Crippen molar-refractivity contribution in [2.45, 2.75) is 19.4 Å². The summed E-state index contributed by atoms with van der Waals surface area (Å²) >= 11 is 0. The van der Waals surface area contributed by atoms with Gasteiger partial charge in [-0.1, -0.05) is 59.7 Å². The number of rotatable bonds is 3. The molecule has 0 spiro atoms. The van der Waals surface area contributed by atoms with Crippen LogP contribution >= 0.6 is 0 Å². The minimum Gasteiger partial charge on any atom is -0.393 e. The Morgan fingerprint density at radius 3 is 1.39 bits per heavy atom. The highest BCUT2D eigenvalue weighted by Gasteiger charge is 2.30.